The van der Waals surface area contributed by atoms with Crippen molar-refractivity contribution in [3.8, 4) is 11.8 Å². The van der Waals surface area contributed by atoms with Gasteiger partial charge in [-0.3, -0.25) is 0 Å². The number of nitrogens with two attached hydrogens (primary N) is 1. The lowest BCUT2D eigenvalue weighted by Crippen LogP contribution is -2.05. The van der Waals surface area contributed by atoms with Gasteiger partial charge in [0.05, 0.1) is 18.9 Å². The third kappa shape index (κ3) is 8.93. The van der Waals surface area contributed by atoms with Crippen LogP contribution in [0.1, 0.15) is 36.8 Å². The second kappa shape index (κ2) is 12.6. The molecular formula is C21H24N4OS. The second-order valence-corrected chi connectivity index (χ2v) is 6.84. The molecule has 0 aromatic heterocycles. The Labute approximate surface area is 165 Å². The van der Waals surface area contributed by atoms with Crippen molar-refractivity contribution in [2.45, 2.75) is 31.4 Å². The summed E-state index contributed by atoms with van der Waals surface area (Å²) < 4.78 is 5.68. The molecule has 0 heterocycles. The summed E-state index contributed by atoms with van der Waals surface area (Å²) >= 11 is 1.46. The van der Waals surface area contributed by atoms with Gasteiger partial charge in [-0.1, -0.05) is 42.1 Å². The van der Waals surface area contributed by atoms with Gasteiger partial charge in [0.1, 0.15) is 5.75 Å². The fraction of sp³-hybridized carbons (Fsp3) is 0.286. The van der Waals surface area contributed by atoms with Crippen LogP contribution in [0.25, 0.3) is 0 Å². The molecule has 2 aromatic rings. The van der Waals surface area contributed by atoms with Crippen LogP contribution in [0.4, 0.5) is 0 Å². The van der Waals surface area contributed by atoms with E-state index in [2.05, 4.69) is 28.4 Å². The highest BCUT2D eigenvalue weighted by Gasteiger charge is 1.97. The number of benzene rings is 2. The molecule has 5 nitrogen and oxygen atoms in total. The molecule has 2 N–H and O–H groups in total. The van der Waals surface area contributed by atoms with Gasteiger partial charge in [0.2, 0.25) is 0 Å². The molecule has 0 atom stereocenters. The minimum atomic E-state index is 0.437. The van der Waals surface area contributed by atoms with Crippen LogP contribution >= 0.6 is 11.8 Å². The Morgan fingerprint density at radius 2 is 1.85 bits per heavy atom. The molecule has 0 bridgehead atoms. The number of nitrogens with zero attached hydrogens (tertiary/aromatic N) is 3. The van der Waals surface area contributed by atoms with Crippen LogP contribution in [0.15, 0.2) is 64.8 Å². The van der Waals surface area contributed by atoms with E-state index in [0.717, 1.165) is 36.3 Å². The van der Waals surface area contributed by atoms with Gasteiger partial charge in [-0.25, -0.2) is 0 Å². The minimum absolute atomic E-state index is 0.437. The molecule has 27 heavy (non-hydrogen) atoms. The molecule has 0 aliphatic carbocycles. The van der Waals surface area contributed by atoms with Crippen molar-refractivity contribution in [1.29, 1.82) is 5.26 Å². The molecule has 2 aromatic carbocycles. The number of hydrogen-bond donors (Lipinski definition) is 1. The first-order valence-electron chi connectivity index (χ1n) is 8.91. The van der Waals surface area contributed by atoms with Crippen LogP contribution in [0.3, 0.4) is 0 Å². The highest BCUT2D eigenvalue weighted by Crippen LogP contribution is 2.13. The predicted molar refractivity (Wildman–Crippen MR) is 113 cm³/mol. The normalized spacial score (nSPS) is 11.4. The van der Waals surface area contributed by atoms with Gasteiger partial charge in [0.15, 0.2) is 5.17 Å². The maximum Gasteiger partial charge on any atom is 0.180 e. The Bertz CT molecular complexity index is 767. The summed E-state index contributed by atoms with van der Waals surface area (Å²) in [6.07, 6.45) is 5.19. The summed E-state index contributed by atoms with van der Waals surface area (Å²) in [6.45, 7) is 0.665. The fourth-order valence-electron chi connectivity index (χ4n) is 2.24. The van der Waals surface area contributed by atoms with E-state index in [9.17, 15) is 0 Å². The smallest absolute Gasteiger partial charge is 0.180 e. The zero-order valence-electron chi connectivity index (χ0n) is 15.3. The van der Waals surface area contributed by atoms with Crippen molar-refractivity contribution >= 4 is 23.1 Å². The number of unbranched alkanes of at least 4 members (excludes halogenated alkanes) is 3. The molecule has 0 aliphatic heterocycles. The van der Waals surface area contributed by atoms with Crippen LogP contribution in [0.5, 0.6) is 5.75 Å². The van der Waals surface area contributed by atoms with Gasteiger partial charge in [-0.05, 0) is 54.7 Å². The molecular weight excluding hydrogens is 356 g/mol. The maximum atomic E-state index is 8.48. The molecule has 0 amide bonds. The molecule has 140 valence electrons. The number of ether oxygens (including phenoxy) is 1. The minimum Gasteiger partial charge on any atom is -0.494 e. The topological polar surface area (TPSA) is 83.8 Å². The van der Waals surface area contributed by atoms with Gasteiger partial charge in [-0.15, -0.1) is 5.10 Å². The number of thioether (sulfide) groups is 1. The quantitative estimate of drug-likeness (QED) is 0.279. The predicted octanol–water partition coefficient (Wildman–Crippen LogP) is 4.73. The molecule has 0 aliphatic rings. The molecule has 0 saturated heterocycles. The van der Waals surface area contributed by atoms with E-state index < -0.39 is 0 Å². The molecule has 0 fully saturated rings. The number of hydrogen-bond acceptors (Lipinski definition) is 5. The Morgan fingerprint density at radius 3 is 2.59 bits per heavy atom. The van der Waals surface area contributed by atoms with Crippen molar-refractivity contribution in [3.05, 3.63) is 65.7 Å². The van der Waals surface area contributed by atoms with Gasteiger partial charge in [-0.2, -0.15) is 10.4 Å². The van der Waals surface area contributed by atoms with E-state index in [0.29, 0.717) is 18.2 Å². The first-order valence-corrected chi connectivity index (χ1v) is 9.89. The van der Waals surface area contributed by atoms with Crippen molar-refractivity contribution in [2.75, 3.05) is 6.61 Å². The van der Waals surface area contributed by atoms with Gasteiger partial charge in [0.25, 0.3) is 0 Å². The van der Waals surface area contributed by atoms with Crippen LogP contribution in [-0.4, -0.2) is 18.0 Å². The van der Waals surface area contributed by atoms with Crippen LogP contribution in [-0.2, 0) is 5.75 Å². The van der Waals surface area contributed by atoms with Crippen molar-refractivity contribution in [1.82, 2.24) is 0 Å². The third-order valence-corrected chi connectivity index (χ3v) is 4.53. The summed E-state index contributed by atoms with van der Waals surface area (Å²) in [7, 11) is 0. The lowest BCUT2D eigenvalue weighted by atomic mass is 10.2. The maximum absolute atomic E-state index is 8.48. The summed E-state index contributed by atoms with van der Waals surface area (Å²) in [4.78, 5) is 0. The first kappa shape index (κ1) is 20.5. The Balaban J connectivity index is 1.70. The van der Waals surface area contributed by atoms with Crippen molar-refractivity contribution < 1.29 is 4.74 Å². The van der Waals surface area contributed by atoms with Crippen LogP contribution < -0.4 is 10.5 Å². The highest BCUT2D eigenvalue weighted by molar-refractivity contribution is 8.13. The number of rotatable bonds is 10. The van der Waals surface area contributed by atoms with Gasteiger partial charge < -0.3 is 10.5 Å². The summed E-state index contributed by atoms with van der Waals surface area (Å²) in [5, 5.41) is 17.0. The highest BCUT2D eigenvalue weighted by atomic mass is 32.2. The lowest BCUT2D eigenvalue weighted by Gasteiger charge is -2.05. The van der Waals surface area contributed by atoms with E-state index in [1.54, 1.807) is 6.21 Å². The average molecular weight is 381 g/mol. The van der Waals surface area contributed by atoms with E-state index in [1.165, 1.54) is 17.3 Å². The molecule has 0 spiro atoms. The molecule has 2 rings (SSSR count). The SMILES string of the molecule is N#CCCCCCOc1ccc(C=NN=C(N)SCc2ccccc2)cc1. The van der Waals surface area contributed by atoms with E-state index in [4.69, 9.17) is 15.7 Å². The second-order valence-electron chi connectivity index (χ2n) is 5.84. The molecule has 0 saturated carbocycles. The lowest BCUT2D eigenvalue weighted by molar-refractivity contribution is 0.305. The summed E-state index contributed by atoms with van der Waals surface area (Å²) in [6, 6.07) is 19.9. The van der Waals surface area contributed by atoms with E-state index in [1.807, 2.05) is 42.5 Å². The Morgan fingerprint density at radius 1 is 1.07 bits per heavy atom. The average Bonchev–Trinajstić information content (AvgIpc) is 2.71. The standard InChI is InChI=1S/C21H24N4OS/c22-14-6-1-2-7-15-26-20-12-10-18(11-13-20)16-24-25-21(23)27-17-19-8-4-3-5-9-19/h3-5,8-13,16H,1-2,6-7,15,17H2,(H2,23,25). The van der Waals surface area contributed by atoms with Crippen LogP contribution in [0.2, 0.25) is 0 Å². The van der Waals surface area contributed by atoms with E-state index >= 15 is 0 Å². The third-order valence-electron chi connectivity index (χ3n) is 3.67. The number of amidine groups is 1. The number of nitriles is 1. The van der Waals surface area contributed by atoms with Crippen molar-refractivity contribution in [2.24, 2.45) is 15.9 Å². The van der Waals surface area contributed by atoms with Gasteiger partial charge in [0, 0.05) is 12.2 Å². The largest absolute Gasteiger partial charge is 0.494 e. The molecule has 6 heteroatoms. The summed E-state index contributed by atoms with van der Waals surface area (Å²) in [5.74, 6) is 1.60. The molecule has 0 unspecified atom stereocenters. The Hall–Kier alpha value is -2.78. The van der Waals surface area contributed by atoms with Crippen LogP contribution in [0, 0.1) is 11.3 Å². The first-order chi connectivity index (χ1) is 13.3. The summed E-state index contributed by atoms with van der Waals surface area (Å²) in [5.41, 5.74) is 8.00. The fourth-order valence-corrected chi connectivity index (χ4v) is 2.85. The Kier molecular flexibility index (Phi) is 9.55. The zero-order chi connectivity index (χ0) is 19.2. The van der Waals surface area contributed by atoms with Crippen molar-refractivity contribution in [3.63, 3.8) is 0 Å². The zero-order valence-corrected chi connectivity index (χ0v) is 16.1. The van der Waals surface area contributed by atoms with E-state index in [-0.39, 0.29) is 0 Å². The van der Waals surface area contributed by atoms with Gasteiger partial charge >= 0.3 is 0 Å². The monoisotopic (exact) mass is 380 g/mol. The molecule has 0 radical (unpaired) electrons.